The molecule has 2 aromatic rings. The van der Waals surface area contributed by atoms with Crippen LogP contribution in [-0.2, 0) is 20.7 Å². The highest BCUT2D eigenvalue weighted by atomic mass is 35.5. The van der Waals surface area contributed by atoms with Crippen molar-refractivity contribution in [2.75, 3.05) is 33.3 Å². The lowest BCUT2D eigenvalue weighted by molar-refractivity contribution is -0.146. The zero-order valence-electron chi connectivity index (χ0n) is 15.2. The Kier molecular flexibility index (Phi) is 7.31. The van der Waals surface area contributed by atoms with E-state index in [1.165, 1.54) is 21.3 Å². The predicted molar refractivity (Wildman–Crippen MR) is 101 cm³/mol. The van der Waals surface area contributed by atoms with Crippen LogP contribution in [0.15, 0.2) is 36.4 Å². The van der Waals surface area contributed by atoms with Crippen molar-refractivity contribution in [1.82, 2.24) is 0 Å². The van der Waals surface area contributed by atoms with E-state index in [9.17, 15) is 9.59 Å². The van der Waals surface area contributed by atoms with Crippen LogP contribution in [0.1, 0.15) is 5.56 Å². The number of carbonyl (C=O) groups excluding carboxylic acids is 2. The van der Waals surface area contributed by atoms with Crippen LogP contribution in [0.3, 0.4) is 0 Å². The highest BCUT2D eigenvalue weighted by Crippen LogP contribution is 2.38. The quantitative estimate of drug-likeness (QED) is 0.694. The summed E-state index contributed by atoms with van der Waals surface area (Å²) in [4.78, 5) is 23.9. The van der Waals surface area contributed by atoms with Gasteiger partial charge in [0.2, 0.25) is 5.75 Å². The van der Waals surface area contributed by atoms with Crippen LogP contribution in [0.2, 0.25) is 5.02 Å². The van der Waals surface area contributed by atoms with Gasteiger partial charge < -0.3 is 24.3 Å². The lowest BCUT2D eigenvalue weighted by Crippen LogP contribution is -2.21. The maximum absolute atomic E-state index is 12.0. The van der Waals surface area contributed by atoms with Crippen molar-refractivity contribution in [1.29, 1.82) is 0 Å². The van der Waals surface area contributed by atoms with Crippen molar-refractivity contribution in [3.8, 4) is 17.2 Å². The number of benzene rings is 2. The molecule has 0 fully saturated rings. The van der Waals surface area contributed by atoms with Gasteiger partial charge in [0.1, 0.15) is 0 Å². The van der Waals surface area contributed by atoms with Crippen LogP contribution in [0.5, 0.6) is 17.2 Å². The number of halogens is 1. The molecule has 2 rings (SSSR count). The summed E-state index contributed by atoms with van der Waals surface area (Å²) in [6.07, 6.45) is -0.0507. The Labute approximate surface area is 162 Å². The summed E-state index contributed by atoms with van der Waals surface area (Å²) >= 11 is 5.78. The van der Waals surface area contributed by atoms with Crippen LogP contribution in [0.4, 0.5) is 5.69 Å². The zero-order valence-corrected chi connectivity index (χ0v) is 16.0. The number of amides is 1. The first-order valence-corrected chi connectivity index (χ1v) is 8.34. The maximum atomic E-state index is 12.0. The molecule has 0 saturated heterocycles. The van der Waals surface area contributed by atoms with Gasteiger partial charge in [-0.3, -0.25) is 9.59 Å². The van der Waals surface area contributed by atoms with Crippen molar-refractivity contribution in [3.05, 3.63) is 47.0 Å². The first-order valence-electron chi connectivity index (χ1n) is 7.96. The van der Waals surface area contributed by atoms with Crippen LogP contribution >= 0.6 is 11.6 Å². The fraction of sp³-hybridized carbons (Fsp3) is 0.263. The van der Waals surface area contributed by atoms with Gasteiger partial charge in [-0.25, -0.2) is 0 Å². The Morgan fingerprint density at radius 1 is 0.963 bits per heavy atom. The van der Waals surface area contributed by atoms with E-state index in [1.54, 1.807) is 36.4 Å². The van der Waals surface area contributed by atoms with Gasteiger partial charge in [0.25, 0.3) is 5.91 Å². The summed E-state index contributed by atoms with van der Waals surface area (Å²) in [5.41, 5.74) is 1.16. The number of hydrogen-bond donors (Lipinski definition) is 1. The molecule has 27 heavy (non-hydrogen) atoms. The van der Waals surface area contributed by atoms with E-state index < -0.39 is 18.5 Å². The number of ether oxygens (including phenoxy) is 4. The van der Waals surface area contributed by atoms with E-state index >= 15 is 0 Å². The summed E-state index contributed by atoms with van der Waals surface area (Å²) in [6.45, 7) is -0.397. The molecule has 0 atom stereocenters. The molecule has 144 valence electrons. The van der Waals surface area contributed by atoms with Crippen molar-refractivity contribution >= 4 is 29.2 Å². The van der Waals surface area contributed by atoms with Crippen LogP contribution in [-0.4, -0.2) is 39.8 Å². The molecule has 1 amide bonds. The van der Waals surface area contributed by atoms with Gasteiger partial charge in [0.15, 0.2) is 18.1 Å². The SMILES string of the molecule is COc1cc(CC(=O)OCC(=O)Nc2ccc(Cl)cc2)cc(OC)c1OC. The Bertz CT molecular complexity index is 781. The highest BCUT2D eigenvalue weighted by Gasteiger charge is 2.16. The summed E-state index contributed by atoms with van der Waals surface area (Å²) in [7, 11) is 4.47. The molecule has 0 spiro atoms. The van der Waals surface area contributed by atoms with Crippen molar-refractivity contribution in [2.24, 2.45) is 0 Å². The van der Waals surface area contributed by atoms with Gasteiger partial charge in [-0.15, -0.1) is 0 Å². The Morgan fingerprint density at radius 2 is 1.56 bits per heavy atom. The van der Waals surface area contributed by atoms with E-state index in [-0.39, 0.29) is 6.42 Å². The number of rotatable bonds is 8. The highest BCUT2D eigenvalue weighted by molar-refractivity contribution is 6.30. The molecule has 0 heterocycles. The second kappa shape index (κ2) is 9.68. The molecule has 8 heteroatoms. The summed E-state index contributed by atoms with van der Waals surface area (Å²) in [6, 6.07) is 9.89. The molecule has 0 unspecified atom stereocenters. The first-order chi connectivity index (χ1) is 13.0. The smallest absolute Gasteiger partial charge is 0.310 e. The third-order valence-electron chi connectivity index (χ3n) is 3.57. The van der Waals surface area contributed by atoms with E-state index in [2.05, 4.69) is 5.32 Å². The zero-order chi connectivity index (χ0) is 19.8. The lowest BCUT2D eigenvalue weighted by atomic mass is 10.1. The average molecular weight is 394 g/mol. The van der Waals surface area contributed by atoms with Gasteiger partial charge in [-0.1, -0.05) is 11.6 Å². The molecule has 0 bridgehead atoms. The monoisotopic (exact) mass is 393 g/mol. The van der Waals surface area contributed by atoms with E-state index in [4.69, 9.17) is 30.5 Å². The Morgan fingerprint density at radius 3 is 2.07 bits per heavy atom. The van der Waals surface area contributed by atoms with Crippen LogP contribution in [0, 0.1) is 0 Å². The third-order valence-corrected chi connectivity index (χ3v) is 3.82. The molecule has 0 aliphatic rings. The molecular formula is C19H20ClNO6. The topological polar surface area (TPSA) is 83.1 Å². The minimum Gasteiger partial charge on any atom is -0.493 e. The fourth-order valence-electron chi connectivity index (χ4n) is 2.33. The number of esters is 1. The van der Waals surface area contributed by atoms with Gasteiger partial charge in [0, 0.05) is 10.7 Å². The molecule has 0 aliphatic heterocycles. The van der Waals surface area contributed by atoms with E-state index in [0.29, 0.717) is 33.5 Å². The molecule has 0 aliphatic carbocycles. The Balaban J connectivity index is 1.93. The van der Waals surface area contributed by atoms with Gasteiger partial charge in [-0.05, 0) is 42.0 Å². The standard InChI is InChI=1S/C19H20ClNO6/c1-24-15-8-12(9-16(25-2)19(15)26-3)10-18(23)27-11-17(22)21-14-6-4-13(20)5-7-14/h4-9H,10-11H2,1-3H3,(H,21,22). The molecule has 0 saturated carbocycles. The number of hydrogen-bond acceptors (Lipinski definition) is 6. The van der Waals surface area contributed by atoms with Crippen molar-refractivity contribution < 1.29 is 28.5 Å². The number of carbonyl (C=O) groups is 2. The molecule has 7 nitrogen and oxygen atoms in total. The summed E-state index contributed by atoms with van der Waals surface area (Å²) in [5.74, 6) is 0.283. The maximum Gasteiger partial charge on any atom is 0.310 e. The van der Waals surface area contributed by atoms with Crippen LogP contribution in [0.25, 0.3) is 0 Å². The van der Waals surface area contributed by atoms with Crippen molar-refractivity contribution in [2.45, 2.75) is 6.42 Å². The predicted octanol–water partition coefficient (Wildman–Crippen LogP) is 3.09. The van der Waals surface area contributed by atoms with Gasteiger partial charge in [0.05, 0.1) is 27.8 Å². The fourth-order valence-corrected chi connectivity index (χ4v) is 2.46. The molecule has 2 aromatic carbocycles. The average Bonchev–Trinajstić information content (AvgIpc) is 2.67. The van der Waals surface area contributed by atoms with Gasteiger partial charge >= 0.3 is 5.97 Å². The van der Waals surface area contributed by atoms with Gasteiger partial charge in [-0.2, -0.15) is 0 Å². The second-order valence-electron chi connectivity index (χ2n) is 5.43. The first kappa shape index (κ1) is 20.4. The number of methoxy groups -OCH3 is 3. The molecule has 0 aromatic heterocycles. The van der Waals surface area contributed by atoms with E-state index in [0.717, 1.165) is 0 Å². The van der Waals surface area contributed by atoms with Crippen LogP contribution < -0.4 is 19.5 Å². The van der Waals surface area contributed by atoms with Crippen molar-refractivity contribution in [3.63, 3.8) is 0 Å². The summed E-state index contributed by atoms with van der Waals surface area (Å²) in [5, 5.41) is 3.17. The third kappa shape index (κ3) is 5.79. The Hall–Kier alpha value is -2.93. The molecular weight excluding hydrogens is 374 g/mol. The largest absolute Gasteiger partial charge is 0.493 e. The number of nitrogens with one attached hydrogen (secondary N) is 1. The van der Waals surface area contributed by atoms with E-state index in [1.807, 2.05) is 0 Å². The molecule has 1 N–H and O–H groups in total. The minimum absolute atomic E-state index is 0.0507. The lowest BCUT2D eigenvalue weighted by Gasteiger charge is -2.14. The minimum atomic E-state index is -0.560. The normalized spacial score (nSPS) is 10.1. The molecule has 0 radical (unpaired) electrons. The second-order valence-corrected chi connectivity index (χ2v) is 5.86. The summed E-state index contributed by atoms with van der Waals surface area (Å²) < 4.78 is 20.7. The number of anilines is 1.